The second-order valence-electron chi connectivity index (χ2n) is 10.6. The van der Waals surface area contributed by atoms with Gasteiger partial charge in [-0.2, -0.15) is 0 Å². The number of pyridine rings is 1. The summed E-state index contributed by atoms with van der Waals surface area (Å²) in [5.74, 6) is 1.40. The van der Waals surface area contributed by atoms with Crippen molar-refractivity contribution in [3.8, 4) is 5.75 Å². The quantitative estimate of drug-likeness (QED) is 0.131. The zero-order valence-corrected chi connectivity index (χ0v) is 23.9. The number of rotatable bonds is 18. The van der Waals surface area contributed by atoms with Crippen molar-refractivity contribution in [1.82, 2.24) is 14.5 Å². The Kier molecular flexibility index (Phi) is 11.5. The average Bonchev–Trinajstić information content (AvgIpc) is 3.41. The summed E-state index contributed by atoms with van der Waals surface area (Å²) in [5, 5.41) is 1.05. The fraction of sp³-hybridized carbons (Fsp3) is 0.515. The molecule has 39 heavy (non-hydrogen) atoms. The van der Waals surface area contributed by atoms with Gasteiger partial charge in [-0.3, -0.25) is 0 Å². The predicted octanol–water partition coefficient (Wildman–Crippen LogP) is 8.29. The van der Waals surface area contributed by atoms with E-state index in [1.807, 2.05) is 31.5 Å². The predicted molar refractivity (Wildman–Crippen MR) is 162 cm³/mol. The maximum Gasteiger partial charge on any atom is 0.152 e. The van der Waals surface area contributed by atoms with Crippen molar-refractivity contribution in [1.29, 1.82) is 0 Å². The molecule has 0 radical (unpaired) electrons. The van der Waals surface area contributed by atoms with Crippen LogP contribution in [0.4, 0.5) is 5.82 Å². The molecule has 6 heteroatoms. The van der Waals surface area contributed by atoms with Gasteiger partial charge in [0, 0.05) is 12.0 Å². The molecule has 0 saturated heterocycles. The first-order valence-corrected chi connectivity index (χ1v) is 15.0. The van der Waals surface area contributed by atoms with E-state index in [1.54, 1.807) is 0 Å². The normalized spacial score (nSPS) is 12.4. The van der Waals surface area contributed by atoms with E-state index >= 15 is 0 Å². The molecule has 2 N–H and O–H groups in total. The number of aromatic nitrogens is 3. The minimum absolute atomic E-state index is 0.0820. The molecular weight excluding hydrogens is 484 g/mol. The van der Waals surface area contributed by atoms with Crippen LogP contribution in [-0.4, -0.2) is 34.4 Å². The van der Waals surface area contributed by atoms with Crippen molar-refractivity contribution in [3.63, 3.8) is 0 Å². The lowest BCUT2D eigenvalue weighted by atomic mass is 10.1. The number of hydrogen-bond acceptors (Lipinski definition) is 5. The maximum absolute atomic E-state index is 6.27. The molecule has 6 nitrogen and oxygen atoms in total. The topological polar surface area (TPSA) is 75.2 Å². The van der Waals surface area contributed by atoms with Crippen LogP contribution in [0.25, 0.3) is 21.9 Å². The Morgan fingerprint density at radius 2 is 1.54 bits per heavy atom. The second-order valence-corrected chi connectivity index (χ2v) is 10.6. The van der Waals surface area contributed by atoms with Crippen molar-refractivity contribution >= 4 is 27.8 Å². The standard InChI is InChI=1S/C33H46N4O2/c1-3-5-6-7-8-9-10-11-12-15-22-39-28-20-18-26(19-21-28)23-27(24-38-4-2)37-25-35-31-32(37)29-16-13-14-17-30(29)36-33(31)34/h13-14,16-21,25,27H,3-12,15,22-24H2,1-2H3,(H2,34,36). The first kappa shape index (κ1) is 28.9. The van der Waals surface area contributed by atoms with Gasteiger partial charge in [0.05, 0.1) is 36.6 Å². The number of hydrogen-bond donors (Lipinski definition) is 1. The lowest BCUT2D eigenvalue weighted by molar-refractivity contribution is 0.114. The molecule has 1 unspecified atom stereocenters. The van der Waals surface area contributed by atoms with Crippen LogP contribution in [-0.2, 0) is 11.2 Å². The number of para-hydroxylation sites is 1. The lowest BCUT2D eigenvalue weighted by Gasteiger charge is -2.20. The van der Waals surface area contributed by atoms with Crippen molar-refractivity contribution in [3.05, 3.63) is 60.4 Å². The highest BCUT2D eigenvalue weighted by Gasteiger charge is 2.19. The average molecular weight is 531 g/mol. The number of nitrogen functional groups attached to an aromatic ring is 1. The van der Waals surface area contributed by atoms with E-state index in [0.717, 1.165) is 47.1 Å². The van der Waals surface area contributed by atoms with Gasteiger partial charge < -0.3 is 19.8 Å². The molecule has 0 saturated carbocycles. The van der Waals surface area contributed by atoms with Gasteiger partial charge in [0.2, 0.25) is 0 Å². The van der Waals surface area contributed by atoms with Gasteiger partial charge in [-0.05, 0) is 43.5 Å². The van der Waals surface area contributed by atoms with E-state index in [-0.39, 0.29) is 6.04 Å². The molecule has 0 amide bonds. The van der Waals surface area contributed by atoms with E-state index in [4.69, 9.17) is 15.2 Å². The molecule has 210 valence electrons. The third-order valence-electron chi connectivity index (χ3n) is 7.51. The molecule has 4 aromatic rings. The number of nitrogens with two attached hydrogens (primary N) is 1. The highest BCUT2D eigenvalue weighted by molar-refractivity contribution is 6.06. The van der Waals surface area contributed by atoms with Gasteiger partial charge in [0.15, 0.2) is 5.82 Å². The van der Waals surface area contributed by atoms with Crippen molar-refractivity contribution in [2.45, 2.75) is 90.5 Å². The molecule has 2 aromatic heterocycles. The summed E-state index contributed by atoms with van der Waals surface area (Å²) in [7, 11) is 0. The molecular formula is C33H46N4O2. The van der Waals surface area contributed by atoms with Crippen LogP contribution in [0, 0.1) is 0 Å². The molecule has 0 aliphatic carbocycles. The molecule has 0 aliphatic rings. The van der Waals surface area contributed by atoms with Gasteiger partial charge in [-0.15, -0.1) is 0 Å². The van der Waals surface area contributed by atoms with Gasteiger partial charge in [-0.25, -0.2) is 9.97 Å². The van der Waals surface area contributed by atoms with Crippen LogP contribution >= 0.6 is 0 Å². The van der Waals surface area contributed by atoms with E-state index < -0.39 is 0 Å². The minimum atomic E-state index is 0.0820. The number of fused-ring (bicyclic) bond motifs is 3. The summed E-state index contributed by atoms with van der Waals surface area (Å²) in [5.41, 5.74) is 10.1. The Morgan fingerprint density at radius 3 is 2.26 bits per heavy atom. The number of nitrogens with zero attached hydrogens (tertiary/aromatic N) is 3. The fourth-order valence-corrected chi connectivity index (χ4v) is 5.31. The monoisotopic (exact) mass is 530 g/mol. The van der Waals surface area contributed by atoms with Gasteiger partial charge in [0.25, 0.3) is 0 Å². The third kappa shape index (κ3) is 8.18. The van der Waals surface area contributed by atoms with E-state index in [1.165, 1.54) is 63.4 Å². The molecule has 0 bridgehead atoms. The highest BCUT2D eigenvalue weighted by atomic mass is 16.5. The summed E-state index contributed by atoms with van der Waals surface area (Å²) in [6.07, 6.45) is 16.0. The van der Waals surface area contributed by atoms with Crippen LogP contribution in [0.15, 0.2) is 54.9 Å². The summed E-state index contributed by atoms with van der Waals surface area (Å²) in [6.45, 7) is 6.35. The van der Waals surface area contributed by atoms with Crippen LogP contribution in [0.2, 0.25) is 0 Å². The Labute approximate surface area is 233 Å². The van der Waals surface area contributed by atoms with E-state index in [0.29, 0.717) is 19.0 Å². The SMILES string of the molecule is CCCCCCCCCCCCOc1ccc(CC(COCC)n2cnc3c(N)nc4ccccc4c32)cc1. The second kappa shape index (κ2) is 15.5. The van der Waals surface area contributed by atoms with Gasteiger partial charge in [-0.1, -0.05) is 95.0 Å². The smallest absolute Gasteiger partial charge is 0.152 e. The van der Waals surface area contributed by atoms with Crippen molar-refractivity contribution in [2.75, 3.05) is 25.6 Å². The molecule has 4 rings (SSSR count). The Hall–Kier alpha value is -3.12. The number of benzene rings is 2. The Balaban J connectivity index is 1.31. The fourth-order valence-electron chi connectivity index (χ4n) is 5.31. The van der Waals surface area contributed by atoms with Crippen molar-refractivity contribution < 1.29 is 9.47 Å². The van der Waals surface area contributed by atoms with Crippen LogP contribution in [0.5, 0.6) is 5.75 Å². The first-order chi connectivity index (χ1) is 19.2. The zero-order chi connectivity index (χ0) is 27.3. The highest BCUT2D eigenvalue weighted by Crippen LogP contribution is 2.30. The van der Waals surface area contributed by atoms with Gasteiger partial charge >= 0.3 is 0 Å². The number of ether oxygens (including phenoxy) is 2. The molecule has 1 atom stereocenters. The Bertz CT molecular complexity index is 1270. The molecule has 2 aromatic carbocycles. The number of unbranched alkanes of at least 4 members (excludes halogenated alkanes) is 9. The zero-order valence-electron chi connectivity index (χ0n) is 23.9. The summed E-state index contributed by atoms with van der Waals surface area (Å²) < 4.78 is 14.2. The summed E-state index contributed by atoms with van der Waals surface area (Å²) in [6, 6.07) is 16.7. The van der Waals surface area contributed by atoms with Crippen molar-refractivity contribution in [2.24, 2.45) is 0 Å². The van der Waals surface area contributed by atoms with Gasteiger partial charge in [0.1, 0.15) is 11.3 Å². The Morgan fingerprint density at radius 1 is 0.846 bits per heavy atom. The molecule has 0 fully saturated rings. The molecule has 2 heterocycles. The van der Waals surface area contributed by atoms with E-state index in [2.05, 4.69) is 51.8 Å². The largest absolute Gasteiger partial charge is 0.494 e. The van der Waals surface area contributed by atoms with E-state index in [9.17, 15) is 0 Å². The summed E-state index contributed by atoms with van der Waals surface area (Å²) in [4.78, 5) is 9.18. The first-order valence-electron chi connectivity index (χ1n) is 15.0. The van der Waals surface area contributed by atoms with Crippen LogP contribution in [0.3, 0.4) is 0 Å². The van der Waals surface area contributed by atoms with Crippen LogP contribution in [0.1, 0.15) is 89.7 Å². The number of anilines is 1. The minimum Gasteiger partial charge on any atom is -0.494 e. The third-order valence-corrected chi connectivity index (χ3v) is 7.51. The summed E-state index contributed by atoms with van der Waals surface area (Å²) >= 11 is 0. The van der Waals surface area contributed by atoms with Crippen LogP contribution < -0.4 is 10.5 Å². The number of imidazole rings is 1. The maximum atomic E-state index is 6.27. The lowest BCUT2D eigenvalue weighted by Crippen LogP contribution is -2.18. The molecule has 0 aliphatic heterocycles. The molecule has 0 spiro atoms.